The van der Waals surface area contributed by atoms with E-state index in [-0.39, 0.29) is 24.0 Å². The Kier molecular flexibility index (Phi) is 5.18. The van der Waals surface area contributed by atoms with Gasteiger partial charge in [0.25, 0.3) is 5.91 Å². The lowest BCUT2D eigenvalue weighted by Crippen LogP contribution is -2.40. The number of halogens is 3. The van der Waals surface area contributed by atoms with Crippen LogP contribution in [0.25, 0.3) is 5.69 Å². The van der Waals surface area contributed by atoms with E-state index in [1.807, 2.05) is 4.90 Å². The van der Waals surface area contributed by atoms with Gasteiger partial charge in [-0.05, 0) is 43.5 Å². The molecule has 33 heavy (non-hydrogen) atoms. The van der Waals surface area contributed by atoms with Gasteiger partial charge in [-0.3, -0.25) is 4.79 Å². The predicted molar refractivity (Wildman–Crippen MR) is 112 cm³/mol. The molecule has 0 aliphatic carbocycles. The number of aromatic nitrogens is 4. The van der Waals surface area contributed by atoms with Crippen LogP contribution >= 0.6 is 0 Å². The van der Waals surface area contributed by atoms with Gasteiger partial charge in [0.2, 0.25) is 0 Å². The van der Waals surface area contributed by atoms with Crippen molar-refractivity contribution in [3.63, 3.8) is 0 Å². The summed E-state index contributed by atoms with van der Waals surface area (Å²) in [7, 11) is 1.55. The van der Waals surface area contributed by atoms with Gasteiger partial charge in [0.15, 0.2) is 0 Å². The molecule has 11 heteroatoms. The maximum atomic E-state index is 13.6. The first-order chi connectivity index (χ1) is 15.8. The van der Waals surface area contributed by atoms with Crippen LogP contribution in [0.5, 0.6) is 5.75 Å². The second-order valence-corrected chi connectivity index (χ2v) is 8.13. The number of benzene rings is 1. The Labute approximate surface area is 187 Å². The Morgan fingerprint density at radius 1 is 1.15 bits per heavy atom. The fourth-order valence-corrected chi connectivity index (χ4v) is 4.76. The molecule has 1 amide bonds. The first-order valence-electron chi connectivity index (χ1n) is 10.5. The molecule has 3 unspecified atom stereocenters. The highest BCUT2D eigenvalue weighted by Gasteiger charge is 2.49. The molecule has 2 aromatic heterocycles. The third-order valence-electron chi connectivity index (χ3n) is 6.26. The van der Waals surface area contributed by atoms with Crippen molar-refractivity contribution in [2.45, 2.75) is 43.6 Å². The zero-order chi connectivity index (χ0) is 23.2. The summed E-state index contributed by atoms with van der Waals surface area (Å²) in [6, 6.07) is 7.33. The molecule has 2 saturated heterocycles. The van der Waals surface area contributed by atoms with Gasteiger partial charge in [0, 0.05) is 24.3 Å². The second-order valence-electron chi connectivity index (χ2n) is 8.13. The summed E-state index contributed by atoms with van der Waals surface area (Å²) in [5.41, 5.74) is 0.179. The zero-order valence-electron chi connectivity index (χ0n) is 17.7. The molecule has 1 aromatic carbocycles. The van der Waals surface area contributed by atoms with E-state index in [0.717, 1.165) is 25.1 Å². The highest BCUT2D eigenvalue weighted by Crippen LogP contribution is 2.41. The van der Waals surface area contributed by atoms with Crippen molar-refractivity contribution in [3.8, 4) is 11.4 Å². The van der Waals surface area contributed by atoms with E-state index in [9.17, 15) is 18.0 Å². The summed E-state index contributed by atoms with van der Waals surface area (Å²) in [6.45, 7) is 0. The van der Waals surface area contributed by atoms with Crippen molar-refractivity contribution in [2.24, 2.45) is 0 Å². The van der Waals surface area contributed by atoms with Gasteiger partial charge in [-0.15, -0.1) is 0 Å². The Balaban J connectivity index is 1.38. The highest BCUT2D eigenvalue weighted by atomic mass is 19.4. The number of carbonyl (C=O) groups excluding carboxylic acids is 1. The Hall–Kier alpha value is -3.63. The quantitative estimate of drug-likeness (QED) is 0.630. The smallest absolute Gasteiger partial charge is 0.417 e. The first-order valence-corrected chi connectivity index (χ1v) is 10.5. The number of hydrogen-bond acceptors (Lipinski definition) is 6. The van der Waals surface area contributed by atoms with Gasteiger partial charge in [-0.25, -0.2) is 4.98 Å². The van der Waals surface area contributed by atoms with Gasteiger partial charge in [0.1, 0.15) is 17.3 Å². The van der Waals surface area contributed by atoms with Crippen molar-refractivity contribution >= 4 is 11.7 Å². The van der Waals surface area contributed by atoms with Crippen LogP contribution in [0.15, 0.2) is 48.9 Å². The van der Waals surface area contributed by atoms with Crippen LogP contribution in [0.2, 0.25) is 0 Å². The Morgan fingerprint density at radius 2 is 1.94 bits per heavy atom. The number of alkyl halides is 3. The fourth-order valence-electron chi connectivity index (χ4n) is 4.76. The molecule has 0 saturated carbocycles. The number of fused-ring (bicyclic) bond motifs is 2. The van der Waals surface area contributed by atoms with Crippen LogP contribution in [0, 0.1) is 0 Å². The van der Waals surface area contributed by atoms with E-state index >= 15 is 0 Å². The molecule has 2 aliphatic rings. The third kappa shape index (κ3) is 3.87. The molecule has 4 heterocycles. The topological polar surface area (TPSA) is 85.2 Å². The number of carbonyl (C=O) groups is 1. The minimum Gasteiger partial charge on any atom is -0.497 e. The molecule has 3 aromatic rings. The Morgan fingerprint density at radius 3 is 2.61 bits per heavy atom. The number of pyridine rings is 1. The molecule has 172 valence electrons. The van der Waals surface area contributed by atoms with Gasteiger partial charge in [-0.1, -0.05) is 0 Å². The van der Waals surface area contributed by atoms with Crippen molar-refractivity contribution in [3.05, 3.63) is 60.0 Å². The molecule has 1 N–H and O–H groups in total. The van der Waals surface area contributed by atoms with E-state index in [2.05, 4.69) is 20.5 Å². The minimum absolute atomic E-state index is 0.0370. The number of nitrogens with one attached hydrogen (secondary N) is 1. The summed E-state index contributed by atoms with van der Waals surface area (Å²) in [4.78, 5) is 20.8. The minimum atomic E-state index is -4.43. The van der Waals surface area contributed by atoms with E-state index < -0.39 is 11.7 Å². The van der Waals surface area contributed by atoms with Gasteiger partial charge >= 0.3 is 6.18 Å². The van der Waals surface area contributed by atoms with Crippen molar-refractivity contribution in [1.29, 1.82) is 0 Å². The standard InChI is InChI=1S/C22H21F3N6O2/c1-33-15-4-5-16(19(11-15)31-27-8-9-28-31)21(32)30-14-3-6-18(30)17(10-14)29-20-7-2-13(12-26-20)22(23,24)25/h2,4-5,7-9,11-12,14,17-18H,3,6,10H2,1H3,(H,26,29). The molecule has 3 atom stereocenters. The van der Waals surface area contributed by atoms with Crippen LogP contribution in [-0.4, -0.2) is 56.0 Å². The second kappa shape index (κ2) is 8.05. The average Bonchev–Trinajstić information content (AvgIpc) is 3.55. The zero-order valence-corrected chi connectivity index (χ0v) is 17.7. The van der Waals surface area contributed by atoms with Crippen LogP contribution in [0.1, 0.15) is 35.2 Å². The first kappa shape index (κ1) is 21.2. The Bertz CT molecular complexity index is 1150. The highest BCUT2D eigenvalue weighted by molar-refractivity contribution is 5.98. The number of anilines is 1. The van der Waals surface area contributed by atoms with Crippen LogP contribution in [-0.2, 0) is 6.18 Å². The largest absolute Gasteiger partial charge is 0.497 e. The normalized spacial score (nSPS) is 21.9. The number of amides is 1. The summed E-state index contributed by atoms with van der Waals surface area (Å²) in [5, 5.41) is 11.5. The molecule has 0 radical (unpaired) electrons. The van der Waals surface area contributed by atoms with Crippen molar-refractivity contribution in [1.82, 2.24) is 24.9 Å². The van der Waals surface area contributed by atoms with E-state index in [0.29, 0.717) is 29.2 Å². The maximum absolute atomic E-state index is 13.6. The van der Waals surface area contributed by atoms with E-state index in [1.165, 1.54) is 23.3 Å². The summed E-state index contributed by atoms with van der Waals surface area (Å²) >= 11 is 0. The van der Waals surface area contributed by atoms with Crippen molar-refractivity contribution in [2.75, 3.05) is 12.4 Å². The summed E-state index contributed by atoms with van der Waals surface area (Å²) in [5.74, 6) is 0.803. The molecule has 5 rings (SSSR count). The maximum Gasteiger partial charge on any atom is 0.417 e. The number of methoxy groups -OCH3 is 1. The van der Waals surface area contributed by atoms with Gasteiger partial charge in [-0.2, -0.15) is 28.2 Å². The molecule has 2 bridgehead atoms. The molecule has 8 nitrogen and oxygen atoms in total. The fraction of sp³-hybridized carbons (Fsp3) is 0.364. The van der Waals surface area contributed by atoms with Crippen LogP contribution in [0.3, 0.4) is 0 Å². The lowest BCUT2D eigenvalue weighted by Gasteiger charge is -2.26. The summed E-state index contributed by atoms with van der Waals surface area (Å²) < 4.78 is 43.7. The van der Waals surface area contributed by atoms with Crippen LogP contribution in [0.4, 0.5) is 19.0 Å². The lowest BCUT2D eigenvalue weighted by molar-refractivity contribution is -0.137. The third-order valence-corrected chi connectivity index (χ3v) is 6.26. The predicted octanol–water partition coefficient (Wildman–Crippen LogP) is 3.55. The number of nitrogens with zero attached hydrogens (tertiary/aromatic N) is 5. The molecule has 2 aliphatic heterocycles. The molecule has 0 spiro atoms. The number of hydrogen-bond donors (Lipinski definition) is 1. The molecular weight excluding hydrogens is 437 g/mol. The van der Waals surface area contributed by atoms with Crippen molar-refractivity contribution < 1.29 is 22.7 Å². The van der Waals surface area contributed by atoms with E-state index in [1.54, 1.807) is 25.3 Å². The SMILES string of the molecule is COc1ccc(C(=O)N2C3CCC2C(Nc2ccc(C(F)(F)F)cn2)C3)c(-n2nccn2)c1. The number of rotatable bonds is 5. The van der Waals surface area contributed by atoms with E-state index in [4.69, 9.17) is 4.74 Å². The van der Waals surface area contributed by atoms with Gasteiger partial charge in [0.05, 0.1) is 36.7 Å². The van der Waals surface area contributed by atoms with Crippen LogP contribution < -0.4 is 10.1 Å². The summed E-state index contributed by atoms with van der Waals surface area (Å²) in [6.07, 6.45) is 1.83. The number of ether oxygens (including phenoxy) is 1. The monoisotopic (exact) mass is 458 g/mol. The molecular formula is C22H21F3N6O2. The lowest BCUT2D eigenvalue weighted by atomic mass is 9.95. The van der Waals surface area contributed by atoms with Gasteiger partial charge < -0.3 is 15.0 Å². The molecule has 2 fully saturated rings. The average molecular weight is 458 g/mol.